The lowest BCUT2D eigenvalue weighted by Crippen LogP contribution is -2.46. The van der Waals surface area contributed by atoms with E-state index in [0.717, 1.165) is 5.01 Å². The molecule has 1 aromatic carbocycles. The van der Waals surface area contributed by atoms with E-state index in [1.165, 1.54) is 12.0 Å². The maximum absolute atomic E-state index is 13.0. The summed E-state index contributed by atoms with van der Waals surface area (Å²) in [5.41, 5.74) is 0.696. The van der Waals surface area contributed by atoms with E-state index in [0.29, 0.717) is 17.9 Å². The molecule has 1 fully saturated rings. The number of likely N-dealkylation sites (N-methyl/N-ethyl adjacent to an activating group) is 1. The van der Waals surface area contributed by atoms with E-state index >= 15 is 0 Å². The molecule has 2 heterocycles. The quantitative estimate of drug-likeness (QED) is 0.650. The van der Waals surface area contributed by atoms with Crippen LogP contribution in [0.3, 0.4) is 0 Å². The van der Waals surface area contributed by atoms with Crippen LogP contribution in [0.25, 0.3) is 0 Å². The number of nitrogens with zero attached hydrogens (tertiary/aromatic N) is 3. The molecule has 0 spiro atoms. The minimum absolute atomic E-state index is 0.00573. The molecule has 10 nitrogen and oxygen atoms in total. The van der Waals surface area contributed by atoms with Gasteiger partial charge < -0.3 is 15.0 Å². The molecule has 1 saturated heterocycles. The first kappa shape index (κ1) is 22.7. The number of carbonyl (C=O) groups is 3. The molecular weight excluding hydrogens is 424 g/mol. The minimum Gasteiger partial charge on any atom is -0.497 e. The van der Waals surface area contributed by atoms with Crippen LogP contribution >= 0.6 is 0 Å². The third kappa shape index (κ3) is 5.60. The van der Waals surface area contributed by atoms with Crippen LogP contribution in [0.4, 0.5) is 5.69 Å². The van der Waals surface area contributed by atoms with Crippen molar-refractivity contribution in [1.29, 1.82) is 0 Å². The van der Waals surface area contributed by atoms with Gasteiger partial charge in [0.05, 0.1) is 24.7 Å². The number of hydrazone groups is 1. The van der Waals surface area contributed by atoms with Gasteiger partial charge >= 0.3 is 0 Å². The summed E-state index contributed by atoms with van der Waals surface area (Å²) >= 11 is 0. The highest BCUT2D eigenvalue weighted by atomic mass is 32.2. The second kappa shape index (κ2) is 9.46. The number of benzene rings is 1. The van der Waals surface area contributed by atoms with Crippen LogP contribution in [0.15, 0.2) is 29.4 Å². The van der Waals surface area contributed by atoms with Crippen LogP contribution in [0.2, 0.25) is 0 Å². The molecule has 0 radical (unpaired) electrons. The molecule has 31 heavy (non-hydrogen) atoms. The Morgan fingerprint density at radius 1 is 1.32 bits per heavy atom. The first-order valence-corrected chi connectivity index (χ1v) is 11.9. The van der Waals surface area contributed by atoms with Crippen molar-refractivity contribution in [3.63, 3.8) is 0 Å². The van der Waals surface area contributed by atoms with Gasteiger partial charge in [0.2, 0.25) is 11.8 Å². The zero-order valence-electron chi connectivity index (χ0n) is 17.5. The molecular formula is C20H26N4O6S. The highest BCUT2D eigenvalue weighted by Gasteiger charge is 2.37. The summed E-state index contributed by atoms with van der Waals surface area (Å²) in [5, 5.41) is 8.06. The Balaban J connectivity index is 1.68. The fourth-order valence-electron chi connectivity index (χ4n) is 3.56. The molecule has 0 bridgehead atoms. The molecule has 0 saturated carbocycles. The lowest BCUT2D eigenvalue weighted by molar-refractivity contribution is -0.134. The largest absolute Gasteiger partial charge is 0.497 e. The van der Waals surface area contributed by atoms with Gasteiger partial charge in [-0.3, -0.25) is 14.4 Å². The normalized spacial score (nSPS) is 20.2. The van der Waals surface area contributed by atoms with Crippen LogP contribution in [-0.4, -0.2) is 79.5 Å². The summed E-state index contributed by atoms with van der Waals surface area (Å²) in [6.07, 6.45) is 0.538. The van der Waals surface area contributed by atoms with Gasteiger partial charge in [-0.15, -0.1) is 0 Å². The lowest BCUT2D eigenvalue weighted by atomic mass is 10.1. The Hall–Kier alpha value is -2.95. The van der Waals surface area contributed by atoms with Crippen LogP contribution in [0, 0.1) is 0 Å². The standard InChI is InChI=1S/C20H26N4O6S/c1-3-23(12-18(25)21-14-5-4-6-16(11-14)30-2)20(27)17-7-8-19(26)24(22-17)15-9-10-31(28,29)13-15/h4-6,11,15H,3,7-10,12-13H2,1-2H3,(H,21,25)/t15-/m1/s1. The molecule has 0 unspecified atom stereocenters. The van der Waals surface area contributed by atoms with Crippen molar-refractivity contribution in [3.05, 3.63) is 24.3 Å². The summed E-state index contributed by atoms with van der Waals surface area (Å²) in [7, 11) is -1.67. The molecule has 0 aliphatic carbocycles. The number of rotatable bonds is 7. The van der Waals surface area contributed by atoms with Crippen LogP contribution < -0.4 is 10.1 Å². The van der Waals surface area contributed by atoms with E-state index in [1.807, 2.05) is 0 Å². The number of carbonyl (C=O) groups excluding carboxylic acids is 3. The number of methoxy groups -OCH3 is 1. The third-order valence-electron chi connectivity index (χ3n) is 5.22. The number of nitrogens with one attached hydrogen (secondary N) is 1. The molecule has 168 valence electrons. The number of amides is 3. The average molecular weight is 451 g/mol. The summed E-state index contributed by atoms with van der Waals surface area (Å²) in [6, 6.07) is 6.32. The van der Waals surface area contributed by atoms with Gasteiger partial charge in [-0.2, -0.15) is 5.10 Å². The molecule has 1 aromatic rings. The van der Waals surface area contributed by atoms with E-state index in [-0.39, 0.29) is 55.0 Å². The SMILES string of the molecule is CCN(CC(=O)Nc1cccc(OC)c1)C(=O)C1=NN([C@@H]2CCS(=O)(=O)C2)C(=O)CC1. The maximum Gasteiger partial charge on any atom is 0.270 e. The van der Waals surface area contributed by atoms with E-state index < -0.39 is 21.8 Å². The molecule has 2 aliphatic heterocycles. The minimum atomic E-state index is -3.20. The smallest absolute Gasteiger partial charge is 0.270 e. The Morgan fingerprint density at radius 2 is 2.10 bits per heavy atom. The molecule has 2 aliphatic rings. The molecule has 3 amide bonds. The van der Waals surface area contributed by atoms with Gasteiger partial charge in [-0.1, -0.05) is 6.07 Å². The third-order valence-corrected chi connectivity index (χ3v) is 6.97. The maximum atomic E-state index is 13.0. The molecule has 11 heteroatoms. The summed E-state index contributed by atoms with van der Waals surface area (Å²) in [6.45, 7) is 1.83. The van der Waals surface area contributed by atoms with Crippen molar-refractivity contribution >= 4 is 39.0 Å². The predicted octanol–water partition coefficient (Wildman–Crippen LogP) is 0.648. The second-order valence-corrected chi connectivity index (χ2v) is 9.67. The monoisotopic (exact) mass is 450 g/mol. The summed E-state index contributed by atoms with van der Waals surface area (Å²) in [4.78, 5) is 39.0. The van der Waals surface area contributed by atoms with Crippen molar-refractivity contribution in [2.75, 3.05) is 37.0 Å². The Labute approximate surface area is 181 Å². The Morgan fingerprint density at radius 3 is 2.74 bits per heavy atom. The fourth-order valence-corrected chi connectivity index (χ4v) is 5.26. The van der Waals surface area contributed by atoms with Crippen LogP contribution in [0.5, 0.6) is 5.75 Å². The van der Waals surface area contributed by atoms with Gasteiger partial charge in [0, 0.05) is 31.1 Å². The first-order valence-electron chi connectivity index (χ1n) is 10.1. The number of anilines is 1. The van der Waals surface area contributed by atoms with Crippen LogP contribution in [-0.2, 0) is 24.2 Å². The molecule has 1 N–H and O–H groups in total. The van der Waals surface area contributed by atoms with Gasteiger partial charge in [0.1, 0.15) is 18.0 Å². The number of hydrogen-bond acceptors (Lipinski definition) is 7. The van der Waals surface area contributed by atoms with E-state index in [9.17, 15) is 22.8 Å². The molecule has 1 atom stereocenters. The average Bonchev–Trinajstić information content (AvgIpc) is 3.11. The Kier molecular flexibility index (Phi) is 6.94. The predicted molar refractivity (Wildman–Crippen MR) is 114 cm³/mol. The van der Waals surface area contributed by atoms with Gasteiger partial charge in [-0.25, -0.2) is 13.4 Å². The highest BCUT2D eigenvalue weighted by Crippen LogP contribution is 2.23. The lowest BCUT2D eigenvalue weighted by Gasteiger charge is -2.29. The Bertz CT molecular complexity index is 1010. The van der Waals surface area contributed by atoms with Gasteiger partial charge in [0.25, 0.3) is 5.91 Å². The molecule has 0 aromatic heterocycles. The van der Waals surface area contributed by atoms with Gasteiger partial charge in [-0.05, 0) is 25.5 Å². The number of ether oxygens (including phenoxy) is 1. The van der Waals surface area contributed by atoms with Crippen LogP contribution in [0.1, 0.15) is 26.2 Å². The van der Waals surface area contributed by atoms with Crippen molar-refractivity contribution in [1.82, 2.24) is 9.91 Å². The second-order valence-electron chi connectivity index (χ2n) is 7.44. The zero-order chi connectivity index (χ0) is 22.6. The van der Waals surface area contributed by atoms with E-state index in [2.05, 4.69) is 10.4 Å². The molecule has 3 rings (SSSR count). The van der Waals surface area contributed by atoms with E-state index in [1.54, 1.807) is 31.2 Å². The summed E-state index contributed by atoms with van der Waals surface area (Å²) in [5.74, 6) is -0.666. The van der Waals surface area contributed by atoms with Gasteiger partial charge in [0.15, 0.2) is 9.84 Å². The number of hydrogen-bond donors (Lipinski definition) is 1. The van der Waals surface area contributed by atoms with Crippen molar-refractivity contribution in [3.8, 4) is 5.75 Å². The number of sulfone groups is 1. The van der Waals surface area contributed by atoms with E-state index in [4.69, 9.17) is 4.74 Å². The van der Waals surface area contributed by atoms with Crippen molar-refractivity contribution in [2.45, 2.75) is 32.2 Å². The highest BCUT2D eigenvalue weighted by molar-refractivity contribution is 7.91. The van der Waals surface area contributed by atoms with Crippen molar-refractivity contribution in [2.24, 2.45) is 5.10 Å². The first-order chi connectivity index (χ1) is 14.7. The van der Waals surface area contributed by atoms with Crippen molar-refractivity contribution < 1.29 is 27.5 Å². The fraction of sp³-hybridized carbons (Fsp3) is 0.500. The summed E-state index contributed by atoms with van der Waals surface area (Å²) < 4.78 is 28.6. The topological polar surface area (TPSA) is 125 Å². The zero-order valence-corrected chi connectivity index (χ0v) is 18.4.